The van der Waals surface area contributed by atoms with E-state index in [4.69, 9.17) is 58.0 Å². The fraction of sp³-hybridized carbons (Fsp3) is 0.250. The molecule has 1 aromatic carbocycles. The topological polar surface area (TPSA) is 61.4 Å². The number of methoxy groups -OCH3 is 1. The molecule has 1 N–H and O–H groups in total. The Morgan fingerprint density at radius 2 is 1.59 bits per heavy atom. The van der Waals surface area contributed by atoms with E-state index in [0.29, 0.717) is 6.54 Å². The van der Waals surface area contributed by atoms with Crippen LogP contribution >= 0.6 is 58.0 Å². The first kappa shape index (κ1) is 20.0. The highest BCUT2D eigenvalue weighted by Gasteiger charge is 2.34. The van der Waals surface area contributed by atoms with E-state index in [-0.39, 0.29) is 34.9 Å². The van der Waals surface area contributed by atoms with Gasteiger partial charge in [-0.2, -0.15) is 0 Å². The van der Waals surface area contributed by atoms with Crippen molar-refractivity contribution in [2.75, 3.05) is 13.7 Å². The van der Waals surface area contributed by atoms with Crippen molar-refractivity contribution in [3.05, 3.63) is 36.2 Å². The van der Waals surface area contributed by atoms with Crippen LogP contribution in [0.5, 0.6) is 0 Å². The highest BCUT2D eigenvalue weighted by molar-refractivity contribution is 7.96. The lowest BCUT2D eigenvalue weighted by Gasteiger charge is -2.16. The van der Waals surface area contributed by atoms with Crippen molar-refractivity contribution in [3.8, 4) is 0 Å². The molecule has 0 saturated carbocycles. The second kappa shape index (κ2) is 8.73. The summed E-state index contributed by atoms with van der Waals surface area (Å²) >= 11 is 27.8. The van der Waals surface area contributed by atoms with E-state index >= 15 is 0 Å². The van der Waals surface area contributed by atoms with Gasteiger partial charge in [0.25, 0.3) is 4.91 Å². The second-order valence-corrected chi connectivity index (χ2v) is 7.00. The number of carbonyl (C=O) groups is 1. The SMILES string of the molecule is CCNC=C(C(=O)OC)[S+]([O-])c1c(Cl)c(Cl)c(Cl)c(Cl)c1Cl. The van der Waals surface area contributed by atoms with Gasteiger partial charge in [-0.05, 0) is 6.92 Å². The van der Waals surface area contributed by atoms with Gasteiger partial charge in [0, 0.05) is 17.7 Å². The normalized spacial score (nSPS) is 13.0. The molecule has 0 saturated heterocycles. The van der Waals surface area contributed by atoms with E-state index < -0.39 is 17.1 Å². The van der Waals surface area contributed by atoms with Crippen molar-refractivity contribution in [1.29, 1.82) is 0 Å². The molecule has 1 atom stereocenters. The molecule has 0 aliphatic carbocycles. The standard InChI is InChI=1S/C12H10Cl5NO3S/c1-3-18-4-5(12(19)21-2)22(20)11-9(16)7(14)6(13)8(15)10(11)17/h4,18H,3H2,1-2H3. The molecule has 0 amide bonds. The van der Waals surface area contributed by atoms with Gasteiger partial charge in [0.2, 0.25) is 0 Å². The first-order chi connectivity index (χ1) is 10.3. The maximum absolute atomic E-state index is 12.7. The van der Waals surface area contributed by atoms with Gasteiger partial charge < -0.3 is 14.6 Å². The van der Waals surface area contributed by atoms with Crippen molar-refractivity contribution in [2.24, 2.45) is 0 Å². The van der Waals surface area contributed by atoms with Crippen molar-refractivity contribution < 1.29 is 14.1 Å². The third-order valence-corrected chi connectivity index (χ3v) is 6.34. The lowest BCUT2D eigenvalue weighted by atomic mass is 10.3. The highest BCUT2D eigenvalue weighted by atomic mass is 35.5. The van der Waals surface area contributed by atoms with Crippen LogP contribution in [0.1, 0.15) is 6.92 Å². The molecule has 10 heteroatoms. The zero-order valence-electron chi connectivity index (χ0n) is 11.3. The van der Waals surface area contributed by atoms with Crippen LogP contribution in [-0.4, -0.2) is 24.2 Å². The van der Waals surface area contributed by atoms with Crippen LogP contribution in [0.15, 0.2) is 16.0 Å². The smallest absolute Gasteiger partial charge is 0.388 e. The fourth-order valence-corrected chi connectivity index (χ4v) is 4.19. The molecular weight excluding hydrogens is 415 g/mol. The lowest BCUT2D eigenvalue weighted by molar-refractivity contribution is -0.135. The number of halogens is 5. The molecule has 22 heavy (non-hydrogen) atoms. The average Bonchev–Trinajstić information content (AvgIpc) is 2.51. The van der Waals surface area contributed by atoms with E-state index in [1.807, 2.05) is 0 Å². The molecular formula is C12H10Cl5NO3S. The van der Waals surface area contributed by atoms with Crippen LogP contribution in [0.3, 0.4) is 0 Å². The maximum atomic E-state index is 12.7. The van der Waals surface area contributed by atoms with Gasteiger partial charge in [0.1, 0.15) is 10.0 Å². The lowest BCUT2D eigenvalue weighted by Crippen LogP contribution is -2.19. The molecule has 0 heterocycles. The minimum Gasteiger partial charge on any atom is -0.606 e. The Bertz CT molecular complexity index is 594. The second-order valence-electron chi connectivity index (χ2n) is 3.73. The minimum absolute atomic E-state index is 0.0608. The number of esters is 1. The third kappa shape index (κ3) is 4.09. The number of benzene rings is 1. The summed E-state index contributed by atoms with van der Waals surface area (Å²) in [5.74, 6) is -0.811. The van der Waals surface area contributed by atoms with Crippen LogP contribution in [0, 0.1) is 0 Å². The fourth-order valence-electron chi connectivity index (χ4n) is 1.34. The molecule has 122 valence electrons. The zero-order chi connectivity index (χ0) is 17.0. The summed E-state index contributed by atoms with van der Waals surface area (Å²) in [6.07, 6.45) is 1.25. The summed E-state index contributed by atoms with van der Waals surface area (Å²) in [5.41, 5.74) is 0. The molecule has 0 fully saturated rings. The first-order valence-corrected chi connectivity index (χ1v) is 8.76. The van der Waals surface area contributed by atoms with Gasteiger partial charge in [0.05, 0.1) is 28.4 Å². The Hall–Kier alpha value is -0.0100. The van der Waals surface area contributed by atoms with Gasteiger partial charge in [-0.1, -0.05) is 58.0 Å². The van der Waals surface area contributed by atoms with Crippen molar-refractivity contribution in [2.45, 2.75) is 11.8 Å². The summed E-state index contributed by atoms with van der Waals surface area (Å²) < 4.78 is 17.3. The average molecular weight is 426 g/mol. The number of nitrogens with one attached hydrogen (secondary N) is 1. The Morgan fingerprint density at radius 1 is 1.14 bits per heavy atom. The predicted octanol–water partition coefficient (Wildman–Crippen LogP) is 4.69. The molecule has 1 rings (SSSR count). The third-order valence-electron chi connectivity index (χ3n) is 2.38. The molecule has 0 aromatic heterocycles. The molecule has 4 nitrogen and oxygen atoms in total. The quantitative estimate of drug-likeness (QED) is 0.245. The summed E-state index contributed by atoms with van der Waals surface area (Å²) in [7, 11) is 1.16. The van der Waals surface area contributed by atoms with E-state index in [0.717, 1.165) is 7.11 Å². The Kier molecular flexibility index (Phi) is 7.95. The number of ether oxygens (including phenoxy) is 1. The molecule has 0 radical (unpaired) electrons. The minimum atomic E-state index is -2.07. The van der Waals surface area contributed by atoms with Crippen LogP contribution in [0.4, 0.5) is 0 Å². The van der Waals surface area contributed by atoms with E-state index in [1.165, 1.54) is 6.20 Å². The number of hydrogen-bond acceptors (Lipinski definition) is 4. The Morgan fingerprint density at radius 3 is 2.00 bits per heavy atom. The van der Waals surface area contributed by atoms with Crippen LogP contribution < -0.4 is 5.32 Å². The molecule has 1 unspecified atom stereocenters. The van der Waals surface area contributed by atoms with Crippen molar-refractivity contribution in [1.82, 2.24) is 5.32 Å². The molecule has 1 aromatic rings. The number of hydrogen-bond donors (Lipinski definition) is 1. The Labute approximate surface area is 155 Å². The first-order valence-electron chi connectivity index (χ1n) is 5.72. The summed E-state index contributed by atoms with van der Waals surface area (Å²) in [5, 5.41) is 2.20. The van der Waals surface area contributed by atoms with Gasteiger partial charge in [-0.25, -0.2) is 4.79 Å². The number of rotatable bonds is 5. The molecule has 0 bridgehead atoms. The van der Waals surface area contributed by atoms with Crippen LogP contribution in [0.2, 0.25) is 25.1 Å². The monoisotopic (exact) mass is 423 g/mol. The maximum Gasteiger partial charge on any atom is 0.388 e. The predicted molar refractivity (Wildman–Crippen MR) is 91.7 cm³/mol. The van der Waals surface area contributed by atoms with Gasteiger partial charge >= 0.3 is 5.97 Å². The van der Waals surface area contributed by atoms with Crippen molar-refractivity contribution >= 4 is 75.1 Å². The zero-order valence-corrected chi connectivity index (χ0v) is 15.9. The van der Waals surface area contributed by atoms with Crippen LogP contribution in [-0.2, 0) is 20.7 Å². The summed E-state index contributed by atoms with van der Waals surface area (Å²) in [4.78, 5) is 11.5. The van der Waals surface area contributed by atoms with Crippen molar-refractivity contribution in [3.63, 3.8) is 0 Å². The highest BCUT2D eigenvalue weighted by Crippen LogP contribution is 2.47. The van der Waals surface area contributed by atoms with Gasteiger partial charge in [-0.3, -0.25) is 0 Å². The molecule has 0 aliphatic heterocycles. The molecule has 0 spiro atoms. The summed E-state index contributed by atoms with van der Waals surface area (Å²) in [6, 6.07) is 0. The largest absolute Gasteiger partial charge is 0.606 e. The molecule has 0 aliphatic rings. The van der Waals surface area contributed by atoms with E-state index in [1.54, 1.807) is 6.92 Å². The summed E-state index contributed by atoms with van der Waals surface area (Å²) in [6.45, 7) is 2.30. The van der Waals surface area contributed by atoms with Gasteiger partial charge in [-0.15, -0.1) is 0 Å². The van der Waals surface area contributed by atoms with Gasteiger partial charge in [0.15, 0.2) is 4.90 Å². The van der Waals surface area contributed by atoms with E-state index in [9.17, 15) is 9.35 Å². The Balaban J connectivity index is 3.49. The number of carbonyl (C=O) groups excluding carboxylic acids is 1. The van der Waals surface area contributed by atoms with E-state index in [2.05, 4.69) is 10.1 Å². The van der Waals surface area contributed by atoms with Crippen LogP contribution in [0.25, 0.3) is 0 Å².